The van der Waals surface area contributed by atoms with Crippen LogP contribution in [0.4, 0.5) is 5.00 Å². The Labute approximate surface area is 76.6 Å². The summed E-state index contributed by atoms with van der Waals surface area (Å²) >= 11 is 1.52. The van der Waals surface area contributed by atoms with E-state index in [0.717, 1.165) is 18.4 Å². The van der Waals surface area contributed by atoms with E-state index in [1.807, 2.05) is 6.92 Å². The SMILES string of the molecule is CCCc1c(C)sc(N)c1C#N. The van der Waals surface area contributed by atoms with Crippen LogP contribution < -0.4 is 5.73 Å². The van der Waals surface area contributed by atoms with Crippen LogP contribution in [0.15, 0.2) is 0 Å². The maximum absolute atomic E-state index is 8.82. The minimum atomic E-state index is 0.665. The fourth-order valence-corrected chi connectivity index (χ4v) is 2.20. The van der Waals surface area contributed by atoms with Crippen LogP contribution in [0.1, 0.15) is 29.3 Å². The van der Waals surface area contributed by atoms with Gasteiger partial charge >= 0.3 is 0 Å². The van der Waals surface area contributed by atoms with Gasteiger partial charge in [-0.15, -0.1) is 11.3 Å². The van der Waals surface area contributed by atoms with Gasteiger partial charge in [0.15, 0.2) is 0 Å². The summed E-state index contributed by atoms with van der Waals surface area (Å²) in [5, 5.41) is 9.48. The van der Waals surface area contributed by atoms with E-state index in [4.69, 9.17) is 11.0 Å². The minimum Gasteiger partial charge on any atom is -0.389 e. The Morgan fingerprint density at radius 2 is 2.25 bits per heavy atom. The molecule has 2 nitrogen and oxygen atoms in total. The first-order valence-electron chi connectivity index (χ1n) is 3.98. The highest BCUT2D eigenvalue weighted by Gasteiger charge is 2.11. The van der Waals surface area contributed by atoms with E-state index in [2.05, 4.69) is 13.0 Å². The molecule has 0 radical (unpaired) electrons. The number of nitriles is 1. The normalized spacial score (nSPS) is 9.75. The average molecular weight is 180 g/mol. The van der Waals surface area contributed by atoms with E-state index in [9.17, 15) is 0 Å². The first-order chi connectivity index (χ1) is 5.70. The third-order valence-corrected chi connectivity index (χ3v) is 2.82. The van der Waals surface area contributed by atoms with Gasteiger partial charge in [0.25, 0.3) is 0 Å². The first kappa shape index (κ1) is 9.08. The fourth-order valence-electron chi connectivity index (χ4n) is 1.28. The quantitative estimate of drug-likeness (QED) is 0.760. The molecule has 12 heavy (non-hydrogen) atoms. The van der Waals surface area contributed by atoms with Gasteiger partial charge in [0.1, 0.15) is 11.1 Å². The van der Waals surface area contributed by atoms with E-state index >= 15 is 0 Å². The van der Waals surface area contributed by atoms with Crippen molar-refractivity contribution in [3.8, 4) is 6.07 Å². The zero-order valence-electron chi connectivity index (χ0n) is 7.35. The minimum absolute atomic E-state index is 0.665. The van der Waals surface area contributed by atoms with Gasteiger partial charge in [-0.3, -0.25) is 0 Å². The molecule has 1 heterocycles. The van der Waals surface area contributed by atoms with Crippen LogP contribution in [-0.2, 0) is 6.42 Å². The molecule has 0 aliphatic rings. The third-order valence-electron chi connectivity index (χ3n) is 1.85. The van der Waals surface area contributed by atoms with Crippen LogP contribution in [0.5, 0.6) is 0 Å². The van der Waals surface area contributed by atoms with Crippen molar-refractivity contribution in [3.05, 3.63) is 16.0 Å². The molecule has 1 aromatic rings. The third kappa shape index (κ3) is 1.44. The molecule has 0 aliphatic heterocycles. The second kappa shape index (κ2) is 3.59. The smallest absolute Gasteiger partial charge is 0.104 e. The zero-order valence-corrected chi connectivity index (χ0v) is 8.16. The predicted octanol–water partition coefficient (Wildman–Crippen LogP) is 2.46. The van der Waals surface area contributed by atoms with Gasteiger partial charge in [0.2, 0.25) is 0 Å². The second-order valence-electron chi connectivity index (χ2n) is 2.74. The molecule has 0 fully saturated rings. The van der Waals surface area contributed by atoms with Gasteiger partial charge in [0.05, 0.1) is 5.56 Å². The maximum atomic E-state index is 8.82. The lowest BCUT2D eigenvalue weighted by Gasteiger charge is -1.96. The number of hydrogen-bond acceptors (Lipinski definition) is 3. The topological polar surface area (TPSA) is 49.8 Å². The molecule has 0 bridgehead atoms. The Kier molecular flexibility index (Phi) is 2.72. The molecule has 2 N–H and O–H groups in total. The Morgan fingerprint density at radius 1 is 1.58 bits per heavy atom. The molecule has 3 heteroatoms. The van der Waals surface area contributed by atoms with Crippen molar-refractivity contribution in [1.82, 2.24) is 0 Å². The molecule has 0 saturated carbocycles. The van der Waals surface area contributed by atoms with E-state index in [0.29, 0.717) is 10.6 Å². The summed E-state index contributed by atoms with van der Waals surface area (Å²) in [7, 11) is 0. The van der Waals surface area contributed by atoms with E-state index in [1.165, 1.54) is 16.2 Å². The van der Waals surface area contributed by atoms with Gasteiger partial charge < -0.3 is 5.73 Å². The molecule has 0 amide bonds. The number of thiophene rings is 1. The van der Waals surface area contributed by atoms with Crippen LogP contribution in [0.25, 0.3) is 0 Å². The fraction of sp³-hybridized carbons (Fsp3) is 0.444. The van der Waals surface area contributed by atoms with Crippen LogP contribution in [0.2, 0.25) is 0 Å². The number of nitrogen functional groups attached to an aromatic ring is 1. The Bertz CT molecular complexity index is 320. The van der Waals surface area contributed by atoms with Crippen molar-refractivity contribution in [1.29, 1.82) is 5.26 Å². The van der Waals surface area contributed by atoms with E-state index < -0.39 is 0 Å². The van der Waals surface area contributed by atoms with Crippen molar-refractivity contribution < 1.29 is 0 Å². The molecule has 1 rings (SSSR count). The molecule has 64 valence electrons. The molecule has 0 atom stereocenters. The number of nitrogens with zero attached hydrogens (tertiary/aromatic N) is 1. The standard InChI is InChI=1S/C9H12N2S/c1-3-4-7-6(2)12-9(11)8(7)5-10/h3-4,11H2,1-2H3. The maximum Gasteiger partial charge on any atom is 0.104 e. The average Bonchev–Trinajstić information content (AvgIpc) is 2.28. The number of rotatable bonds is 2. The van der Waals surface area contributed by atoms with Crippen molar-refractivity contribution in [2.75, 3.05) is 5.73 Å². The molecular formula is C9H12N2S. The van der Waals surface area contributed by atoms with Gasteiger partial charge in [-0.2, -0.15) is 5.26 Å². The summed E-state index contributed by atoms with van der Waals surface area (Å²) in [4.78, 5) is 1.19. The molecule has 0 spiro atoms. The second-order valence-corrected chi connectivity index (χ2v) is 3.99. The highest BCUT2D eigenvalue weighted by Crippen LogP contribution is 2.30. The van der Waals surface area contributed by atoms with Crippen LogP contribution >= 0.6 is 11.3 Å². The summed E-state index contributed by atoms with van der Waals surface area (Å²) in [6, 6.07) is 2.15. The van der Waals surface area contributed by atoms with Gasteiger partial charge in [-0.1, -0.05) is 13.3 Å². The highest BCUT2D eigenvalue weighted by atomic mass is 32.1. The summed E-state index contributed by atoms with van der Waals surface area (Å²) in [5.74, 6) is 0. The largest absolute Gasteiger partial charge is 0.389 e. The number of hydrogen-bond donors (Lipinski definition) is 1. The van der Waals surface area contributed by atoms with E-state index in [-0.39, 0.29) is 0 Å². The molecule has 0 aromatic carbocycles. The molecule has 0 unspecified atom stereocenters. The lowest BCUT2D eigenvalue weighted by molar-refractivity contribution is 0.917. The molecular weight excluding hydrogens is 168 g/mol. The van der Waals surface area contributed by atoms with Crippen LogP contribution in [0.3, 0.4) is 0 Å². The number of aryl methyl sites for hydroxylation is 1. The molecule has 0 aliphatic carbocycles. The van der Waals surface area contributed by atoms with Crippen molar-refractivity contribution in [3.63, 3.8) is 0 Å². The Hall–Kier alpha value is -1.01. The van der Waals surface area contributed by atoms with Crippen molar-refractivity contribution in [2.45, 2.75) is 26.7 Å². The van der Waals surface area contributed by atoms with E-state index in [1.54, 1.807) is 0 Å². The molecule has 1 aromatic heterocycles. The lowest BCUT2D eigenvalue weighted by Crippen LogP contribution is -1.89. The van der Waals surface area contributed by atoms with Crippen molar-refractivity contribution in [2.24, 2.45) is 0 Å². The highest BCUT2D eigenvalue weighted by molar-refractivity contribution is 7.16. The van der Waals surface area contributed by atoms with Gasteiger partial charge in [-0.25, -0.2) is 0 Å². The summed E-state index contributed by atoms with van der Waals surface area (Å²) < 4.78 is 0. The summed E-state index contributed by atoms with van der Waals surface area (Å²) in [6.07, 6.45) is 2.02. The van der Waals surface area contributed by atoms with Crippen molar-refractivity contribution >= 4 is 16.3 Å². The van der Waals surface area contributed by atoms with Gasteiger partial charge in [-0.05, 0) is 18.9 Å². The molecule has 0 saturated heterocycles. The Morgan fingerprint density at radius 3 is 2.75 bits per heavy atom. The first-order valence-corrected chi connectivity index (χ1v) is 4.80. The summed E-state index contributed by atoms with van der Waals surface area (Å²) in [5.41, 5.74) is 7.51. The predicted molar refractivity (Wildman–Crippen MR) is 52.2 cm³/mol. The van der Waals surface area contributed by atoms with Crippen LogP contribution in [-0.4, -0.2) is 0 Å². The summed E-state index contributed by atoms with van der Waals surface area (Å²) in [6.45, 7) is 4.13. The lowest BCUT2D eigenvalue weighted by atomic mass is 10.1. The zero-order chi connectivity index (χ0) is 9.14. The number of anilines is 1. The van der Waals surface area contributed by atoms with Gasteiger partial charge in [0, 0.05) is 4.88 Å². The van der Waals surface area contributed by atoms with Crippen LogP contribution in [0, 0.1) is 18.3 Å². The monoisotopic (exact) mass is 180 g/mol. The number of nitrogens with two attached hydrogens (primary N) is 1. The Balaban J connectivity index is 3.16.